The number of rotatable bonds is 9. The molecular formula is C25H40O4. The lowest BCUT2D eigenvalue weighted by Gasteiger charge is -2.29. The van der Waals surface area contributed by atoms with Crippen molar-refractivity contribution in [3.05, 3.63) is 34.4 Å². The molecule has 0 aliphatic heterocycles. The highest BCUT2D eigenvalue weighted by atomic mass is 16.3. The first-order valence-corrected chi connectivity index (χ1v) is 10.6. The van der Waals surface area contributed by atoms with Crippen LogP contribution in [0.4, 0.5) is 0 Å². The number of aromatic hydroxyl groups is 4. The van der Waals surface area contributed by atoms with Crippen LogP contribution in [0.25, 0.3) is 0 Å². The molecule has 4 heteroatoms. The van der Waals surface area contributed by atoms with E-state index in [1.165, 1.54) is 11.1 Å². The number of phenolic OH excluding ortho intramolecular Hbond substituents is 4. The lowest BCUT2D eigenvalue weighted by Crippen LogP contribution is -2.18. The zero-order valence-corrected chi connectivity index (χ0v) is 19.5. The summed E-state index contributed by atoms with van der Waals surface area (Å²) >= 11 is 0. The standard InChI is InChI=1S/C25H40O4/c1-9-12-16(3)24(5,6)14-11-13-17(4)25(7,8)15-19-18(10-2)20(26)22(28)23(29)21(19)27/h12-13,26-29H,9-11,14-15H2,1-8H3/b16-12+,17-13+. The maximum Gasteiger partial charge on any atom is 0.204 e. The molecule has 0 aliphatic carbocycles. The van der Waals surface area contributed by atoms with Gasteiger partial charge in [-0.3, -0.25) is 0 Å². The molecule has 29 heavy (non-hydrogen) atoms. The molecule has 0 heterocycles. The smallest absolute Gasteiger partial charge is 0.204 e. The SMILES string of the molecule is CC/C=C(\C)C(C)(C)CC/C=C(\C)C(C)(C)Cc1c(O)c(O)c(O)c(O)c1CC. The summed E-state index contributed by atoms with van der Waals surface area (Å²) in [5.74, 6) is -2.02. The van der Waals surface area contributed by atoms with Crippen molar-refractivity contribution in [1.82, 2.24) is 0 Å². The van der Waals surface area contributed by atoms with Crippen LogP contribution in [0.5, 0.6) is 23.0 Å². The molecule has 0 aliphatic rings. The van der Waals surface area contributed by atoms with Crippen LogP contribution in [-0.2, 0) is 12.8 Å². The van der Waals surface area contributed by atoms with Crippen molar-refractivity contribution in [3.8, 4) is 23.0 Å². The number of hydrogen-bond acceptors (Lipinski definition) is 4. The fourth-order valence-electron chi connectivity index (χ4n) is 3.65. The highest BCUT2D eigenvalue weighted by Crippen LogP contribution is 2.49. The van der Waals surface area contributed by atoms with Gasteiger partial charge in [-0.25, -0.2) is 0 Å². The van der Waals surface area contributed by atoms with E-state index in [9.17, 15) is 20.4 Å². The summed E-state index contributed by atoms with van der Waals surface area (Å²) in [6, 6.07) is 0. The summed E-state index contributed by atoms with van der Waals surface area (Å²) in [5.41, 5.74) is 3.44. The fraction of sp³-hybridized carbons (Fsp3) is 0.600. The van der Waals surface area contributed by atoms with Crippen LogP contribution in [0, 0.1) is 10.8 Å². The summed E-state index contributed by atoms with van der Waals surface area (Å²) < 4.78 is 0. The molecule has 0 unspecified atom stereocenters. The van der Waals surface area contributed by atoms with Crippen molar-refractivity contribution in [1.29, 1.82) is 0 Å². The van der Waals surface area contributed by atoms with E-state index >= 15 is 0 Å². The second kappa shape index (κ2) is 9.60. The zero-order valence-electron chi connectivity index (χ0n) is 19.5. The van der Waals surface area contributed by atoms with Gasteiger partial charge in [0.1, 0.15) is 0 Å². The molecule has 0 fully saturated rings. The first-order chi connectivity index (χ1) is 13.3. The Morgan fingerprint density at radius 1 is 0.724 bits per heavy atom. The summed E-state index contributed by atoms with van der Waals surface area (Å²) in [4.78, 5) is 0. The zero-order chi connectivity index (χ0) is 22.6. The molecule has 0 aromatic heterocycles. The minimum atomic E-state index is -0.661. The summed E-state index contributed by atoms with van der Waals surface area (Å²) in [6.45, 7) is 17.0. The van der Waals surface area contributed by atoms with Gasteiger partial charge in [-0.05, 0) is 56.8 Å². The van der Waals surface area contributed by atoms with E-state index in [0.29, 0.717) is 24.0 Å². The van der Waals surface area contributed by atoms with Gasteiger partial charge in [0.15, 0.2) is 11.5 Å². The molecule has 1 aromatic carbocycles. The van der Waals surface area contributed by atoms with Gasteiger partial charge in [-0.1, -0.05) is 64.8 Å². The first kappa shape index (κ1) is 24.9. The van der Waals surface area contributed by atoms with E-state index in [2.05, 4.69) is 60.6 Å². The summed E-state index contributed by atoms with van der Waals surface area (Å²) in [5, 5.41) is 40.4. The van der Waals surface area contributed by atoms with Gasteiger partial charge in [-0.2, -0.15) is 0 Å². The van der Waals surface area contributed by atoms with Crippen LogP contribution in [-0.4, -0.2) is 20.4 Å². The van der Waals surface area contributed by atoms with Crippen LogP contribution >= 0.6 is 0 Å². The first-order valence-electron chi connectivity index (χ1n) is 10.6. The highest BCUT2D eigenvalue weighted by molar-refractivity contribution is 5.65. The topological polar surface area (TPSA) is 80.9 Å². The van der Waals surface area contributed by atoms with Gasteiger partial charge < -0.3 is 20.4 Å². The van der Waals surface area contributed by atoms with Crippen molar-refractivity contribution in [3.63, 3.8) is 0 Å². The Morgan fingerprint density at radius 2 is 1.21 bits per heavy atom. The molecule has 0 saturated carbocycles. The molecular weight excluding hydrogens is 364 g/mol. The number of allylic oxidation sites excluding steroid dienone is 4. The van der Waals surface area contributed by atoms with E-state index in [4.69, 9.17) is 0 Å². The van der Waals surface area contributed by atoms with Gasteiger partial charge in [0.25, 0.3) is 0 Å². The second-order valence-electron chi connectivity index (χ2n) is 9.37. The van der Waals surface area contributed by atoms with Crippen LogP contribution in [0.15, 0.2) is 23.3 Å². The van der Waals surface area contributed by atoms with Crippen LogP contribution in [0.2, 0.25) is 0 Å². The van der Waals surface area contributed by atoms with Gasteiger partial charge in [0, 0.05) is 11.1 Å². The number of phenols is 4. The molecule has 4 nitrogen and oxygen atoms in total. The molecule has 4 N–H and O–H groups in total. The monoisotopic (exact) mass is 404 g/mol. The molecule has 164 valence electrons. The number of benzene rings is 1. The van der Waals surface area contributed by atoms with E-state index in [-0.39, 0.29) is 22.3 Å². The quantitative estimate of drug-likeness (QED) is 0.208. The van der Waals surface area contributed by atoms with Gasteiger partial charge in [-0.15, -0.1) is 0 Å². The van der Waals surface area contributed by atoms with Crippen LogP contribution in [0.3, 0.4) is 0 Å². The Balaban J connectivity index is 3.09. The lowest BCUT2D eigenvalue weighted by molar-refractivity contribution is 0.335. The van der Waals surface area contributed by atoms with Crippen LogP contribution in [0.1, 0.15) is 85.8 Å². The van der Waals surface area contributed by atoms with E-state index in [0.717, 1.165) is 19.3 Å². The molecule has 1 rings (SSSR count). The van der Waals surface area contributed by atoms with E-state index in [1.807, 2.05) is 6.92 Å². The van der Waals surface area contributed by atoms with Crippen molar-refractivity contribution >= 4 is 0 Å². The second-order valence-corrected chi connectivity index (χ2v) is 9.37. The Morgan fingerprint density at radius 3 is 1.69 bits per heavy atom. The third-order valence-electron chi connectivity index (χ3n) is 6.45. The molecule has 1 aromatic rings. The van der Waals surface area contributed by atoms with Crippen LogP contribution < -0.4 is 0 Å². The van der Waals surface area contributed by atoms with Crippen molar-refractivity contribution < 1.29 is 20.4 Å². The van der Waals surface area contributed by atoms with Gasteiger partial charge in [0.05, 0.1) is 0 Å². The predicted octanol–water partition coefficient (Wildman–Crippen LogP) is 6.75. The third kappa shape index (κ3) is 5.71. The molecule has 0 radical (unpaired) electrons. The van der Waals surface area contributed by atoms with Crippen molar-refractivity contribution in [2.75, 3.05) is 0 Å². The van der Waals surface area contributed by atoms with Gasteiger partial charge >= 0.3 is 0 Å². The molecule has 0 bridgehead atoms. The molecule has 0 atom stereocenters. The highest BCUT2D eigenvalue weighted by Gasteiger charge is 2.29. The lowest BCUT2D eigenvalue weighted by atomic mass is 9.76. The average molecular weight is 405 g/mol. The molecule has 0 amide bonds. The van der Waals surface area contributed by atoms with Crippen molar-refractivity contribution in [2.24, 2.45) is 10.8 Å². The van der Waals surface area contributed by atoms with E-state index < -0.39 is 11.5 Å². The van der Waals surface area contributed by atoms with Gasteiger partial charge in [0.2, 0.25) is 11.5 Å². The maximum absolute atomic E-state index is 10.4. The predicted molar refractivity (Wildman–Crippen MR) is 121 cm³/mol. The Hall–Kier alpha value is -2.10. The summed E-state index contributed by atoms with van der Waals surface area (Å²) in [6.07, 6.45) is 8.49. The average Bonchev–Trinajstić information content (AvgIpc) is 2.64. The molecule has 0 saturated heterocycles. The Bertz CT molecular complexity index is 783. The largest absolute Gasteiger partial charge is 0.504 e. The summed E-state index contributed by atoms with van der Waals surface area (Å²) in [7, 11) is 0. The minimum Gasteiger partial charge on any atom is -0.504 e. The normalized spacial score (nSPS) is 13.8. The van der Waals surface area contributed by atoms with E-state index in [1.54, 1.807) is 0 Å². The minimum absolute atomic E-state index is 0.152. The maximum atomic E-state index is 10.4. The van der Waals surface area contributed by atoms with Crippen molar-refractivity contribution in [2.45, 2.75) is 87.5 Å². The molecule has 0 spiro atoms. The third-order valence-corrected chi connectivity index (χ3v) is 6.45. The fourth-order valence-corrected chi connectivity index (χ4v) is 3.65. The Kier molecular flexibility index (Phi) is 8.25. The number of hydrogen-bond donors (Lipinski definition) is 4. The Labute approximate surface area is 176 Å².